The molecule has 110 valence electrons. The van der Waals surface area contributed by atoms with E-state index in [1.807, 2.05) is 44.2 Å². The molecule has 0 heterocycles. The first-order valence-corrected chi connectivity index (χ1v) is 6.90. The second-order valence-electron chi connectivity index (χ2n) is 4.99. The third-order valence-corrected chi connectivity index (χ3v) is 3.17. The Morgan fingerprint density at radius 2 is 1.86 bits per heavy atom. The van der Waals surface area contributed by atoms with Crippen molar-refractivity contribution in [3.8, 4) is 5.75 Å². The van der Waals surface area contributed by atoms with Gasteiger partial charge < -0.3 is 15.8 Å². The van der Waals surface area contributed by atoms with Crippen molar-refractivity contribution < 1.29 is 9.53 Å². The van der Waals surface area contributed by atoms with Crippen molar-refractivity contribution in [2.45, 2.75) is 13.8 Å². The van der Waals surface area contributed by atoms with Crippen molar-refractivity contribution in [1.29, 1.82) is 0 Å². The van der Waals surface area contributed by atoms with Crippen molar-refractivity contribution in [3.63, 3.8) is 0 Å². The van der Waals surface area contributed by atoms with E-state index in [0.29, 0.717) is 24.4 Å². The Morgan fingerprint density at radius 1 is 1.14 bits per heavy atom. The van der Waals surface area contributed by atoms with Crippen LogP contribution < -0.4 is 15.8 Å². The number of hydrogen-bond acceptors (Lipinski definition) is 3. The standard InChI is InChI=1S/C17H20N2O2/c1-12-3-4-13(2)16(11-12)17(20)19-9-10-21-15-7-5-14(18)6-8-15/h3-8,11H,9-10,18H2,1-2H3,(H,19,20). The second kappa shape index (κ2) is 6.79. The van der Waals surface area contributed by atoms with Gasteiger partial charge in [0.2, 0.25) is 0 Å². The SMILES string of the molecule is Cc1ccc(C)c(C(=O)NCCOc2ccc(N)cc2)c1. The van der Waals surface area contributed by atoms with E-state index in [1.54, 1.807) is 12.1 Å². The molecule has 0 saturated heterocycles. The minimum Gasteiger partial charge on any atom is -0.492 e. The average molecular weight is 284 g/mol. The summed E-state index contributed by atoms with van der Waals surface area (Å²) in [4.78, 5) is 12.1. The molecule has 0 aliphatic rings. The van der Waals surface area contributed by atoms with Crippen LogP contribution in [0.15, 0.2) is 42.5 Å². The van der Waals surface area contributed by atoms with E-state index in [9.17, 15) is 4.79 Å². The highest BCUT2D eigenvalue weighted by Crippen LogP contribution is 2.13. The number of carbonyl (C=O) groups excluding carboxylic acids is 1. The Labute approximate surface area is 124 Å². The highest BCUT2D eigenvalue weighted by molar-refractivity contribution is 5.95. The lowest BCUT2D eigenvalue weighted by atomic mass is 10.1. The maximum absolute atomic E-state index is 12.1. The van der Waals surface area contributed by atoms with Gasteiger partial charge in [0.25, 0.3) is 5.91 Å². The molecule has 0 bridgehead atoms. The number of rotatable bonds is 5. The second-order valence-corrected chi connectivity index (χ2v) is 4.99. The molecule has 4 heteroatoms. The number of nitrogens with one attached hydrogen (secondary N) is 1. The monoisotopic (exact) mass is 284 g/mol. The Balaban J connectivity index is 1.81. The summed E-state index contributed by atoms with van der Waals surface area (Å²) in [5.74, 6) is 0.669. The Kier molecular flexibility index (Phi) is 4.82. The molecular weight excluding hydrogens is 264 g/mol. The molecule has 0 aliphatic heterocycles. The fourth-order valence-electron chi connectivity index (χ4n) is 1.97. The minimum atomic E-state index is -0.0721. The van der Waals surface area contributed by atoms with Gasteiger partial charge in [-0.25, -0.2) is 0 Å². The van der Waals surface area contributed by atoms with E-state index < -0.39 is 0 Å². The normalized spacial score (nSPS) is 10.2. The topological polar surface area (TPSA) is 64.3 Å². The van der Waals surface area contributed by atoms with Gasteiger partial charge in [0.05, 0.1) is 6.54 Å². The smallest absolute Gasteiger partial charge is 0.251 e. The molecule has 0 atom stereocenters. The molecule has 0 radical (unpaired) electrons. The molecule has 0 saturated carbocycles. The zero-order valence-electron chi connectivity index (χ0n) is 12.3. The molecule has 2 aromatic carbocycles. The zero-order chi connectivity index (χ0) is 15.2. The molecule has 0 aromatic heterocycles. The first-order valence-electron chi connectivity index (χ1n) is 6.90. The summed E-state index contributed by atoms with van der Waals surface area (Å²) in [6.07, 6.45) is 0. The molecule has 0 unspecified atom stereocenters. The zero-order valence-corrected chi connectivity index (χ0v) is 12.3. The third kappa shape index (κ3) is 4.24. The van der Waals surface area contributed by atoms with E-state index in [2.05, 4.69) is 5.32 Å². The van der Waals surface area contributed by atoms with Gasteiger partial charge >= 0.3 is 0 Å². The first kappa shape index (κ1) is 14.9. The lowest BCUT2D eigenvalue weighted by Crippen LogP contribution is -2.28. The molecular formula is C17H20N2O2. The van der Waals surface area contributed by atoms with E-state index >= 15 is 0 Å². The number of anilines is 1. The maximum atomic E-state index is 12.1. The predicted octanol–water partition coefficient (Wildman–Crippen LogP) is 2.69. The Hall–Kier alpha value is -2.49. The average Bonchev–Trinajstić information content (AvgIpc) is 2.47. The first-order chi connectivity index (χ1) is 10.1. The van der Waals surface area contributed by atoms with Gasteiger partial charge in [-0.3, -0.25) is 4.79 Å². The summed E-state index contributed by atoms with van der Waals surface area (Å²) >= 11 is 0. The Bertz CT molecular complexity index is 621. The third-order valence-electron chi connectivity index (χ3n) is 3.17. The summed E-state index contributed by atoms with van der Waals surface area (Å²) in [5, 5.41) is 2.86. The fourth-order valence-corrected chi connectivity index (χ4v) is 1.97. The van der Waals surface area contributed by atoms with E-state index in [0.717, 1.165) is 16.9 Å². The fraction of sp³-hybridized carbons (Fsp3) is 0.235. The van der Waals surface area contributed by atoms with Crippen LogP contribution in [0.25, 0.3) is 0 Å². The van der Waals surface area contributed by atoms with Gasteiger partial charge in [-0.05, 0) is 49.7 Å². The molecule has 1 amide bonds. The number of carbonyl (C=O) groups is 1. The van der Waals surface area contributed by atoms with Gasteiger partial charge in [0.1, 0.15) is 12.4 Å². The van der Waals surface area contributed by atoms with Crippen molar-refractivity contribution in [2.75, 3.05) is 18.9 Å². The number of aryl methyl sites for hydroxylation is 2. The lowest BCUT2D eigenvalue weighted by molar-refractivity contribution is 0.0946. The molecule has 0 fully saturated rings. The minimum absolute atomic E-state index is 0.0721. The number of amides is 1. The van der Waals surface area contributed by atoms with Crippen LogP contribution >= 0.6 is 0 Å². The number of nitrogen functional groups attached to an aromatic ring is 1. The van der Waals surface area contributed by atoms with E-state index in [4.69, 9.17) is 10.5 Å². The number of benzene rings is 2. The Morgan fingerprint density at radius 3 is 2.57 bits per heavy atom. The molecule has 2 rings (SSSR count). The van der Waals surface area contributed by atoms with Crippen molar-refractivity contribution >= 4 is 11.6 Å². The number of hydrogen-bond donors (Lipinski definition) is 2. The summed E-state index contributed by atoms with van der Waals surface area (Å²) < 4.78 is 5.53. The highest BCUT2D eigenvalue weighted by atomic mass is 16.5. The van der Waals surface area contributed by atoms with Gasteiger partial charge in [0, 0.05) is 11.3 Å². The van der Waals surface area contributed by atoms with Gasteiger partial charge in [-0.2, -0.15) is 0 Å². The summed E-state index contributed by atoms with van der Waals surface area (Å²) in [7, 11) is 0. The van der Waals surface area contributed by atoms with Crippen LogP contribution in [0.4, 0.5) is 5.69 Å². The van der Waals surface area contributed by atoms with E-state index in [1.165, 1.54) is 0 Å². The van der Waals surface area contributed by atoms with Crippen LogP contribution in [0, 0.1) is 13.8 Å². The van der Waals surface area contributed by atoms with E-state index in [-0.39, 0.29) is 5.91 Å². The van der Waals surface area contributed by atoms with Crippen LogP contribution in [0.1, 0.15) is 21.5 Å². The van der Waals surface area contributed by atoms with Crippen LogP contribution in [-0.2, 0) is 0 Å². The number of nitrogens with two attached hydrogens (primary N) is 1. The van der Waals surface area contributed by atoms with Crippen LogP contribution in [0.5, 0.6) is 5.75 Å². The molecule has 3 N–H and O–H groups in total. The van der Waals surface area contributed by atoms with Gasteiger partial charge in [0.15, 0.2) is 0 Å². The van der Waals surface area contributed by atoms with Crippen LogP contribution in [0.3, 0.4) is 0 Å². The van der Waals surface area contributed by atoms with Gasteiger partial charge in [-0.1, -0.05) is 17.7 Å². The summed E-state index contributed by atoms with van der Waals surface area (Å²) in [6, 6.07) is 13.0. The molecule has 0 aliphatic carbocycles. The summed E-state index contributed by atoms with van der Waals surface area (Å²) in [6.45, 7) is 4.77. The largest absolute Gasteiger partial charge is 0.492 e. The van der Waals surface area contributed by atoms with Crippen molar-refractivity contribution in [2.24, 2.45) is 0 Å². The quantitative estimate of drug-likeness (QED) is 0.655. The predicted molar refractivity (Wildman–Crippen MR) is 84.6 cm³/mol. The summed E-state index contributed by atoms with van der Waals surface area (Å²) in [5.41, 5.74) is 9.05. The van der Waals surface area contributed by atoms with Crippen LogP contribution in [0.2, 0.25) is 0 Å². The molecule has 21 heavy (non-hydrogen) atoms. The van der Waals surface area contributed by atoms with Crippen LogP contribution in [-0.4, -0.2) is 19.1 Å². The lowest BCUT2D eigenvalue weighted by Gasteiger charge is -2.10. The van der Waals surface area contributed by atoms with Crippen molar-refractivity contribution in [1.82, 2.24) is 5.32 Å². The number of ether oxygens (including phenoxy) is 1. The maximum Gasteiger partial charge on any atom is 0.251 e. The molecule has 2 aromatic rings. The van der Waals surface area contributed by atoms with Crippen molar-refractivity contribution in [3.05, 3.63) is 59.2 Å². The highest BCUT2D eigenvalue weighted by Gasteiger charge is 2.08. The van der Waals surface area contributed by atoms with Gasteiger partial charge in [-0.15, -0.1) is 0 Å². The molecule has 4 nitrogen and oxygen atoms in total. The molecule has 0 spiro atoms.